The van der Waals surface area contributed by atoms with Crippen molar-refractivity contribution in [1.82, 2.24) is 15.1 Å². The number of imide groups is 1. The molecule has 2 heterocycles. The number of carbonyl (C=O) groups excluding carboxylic acids is 3. The van der Waals surface area contributed by atoms with Crippen molar-refractivity contribution in [1.29, 1.82) is 0 Å². The van der Waals surface area contributed by atoms with Crippen LogP contribution >= 0.6 is 15.9 Å². The fraction of sp³-hybridized carbons (Fsp3) is 0.571. The van der Waals surface area contributed by atoms with Gasteiger partial charge in [-0.25, -0.2) is 9.59 Å². The Bertz CT molecular complexity index is 871. The summed E-state index contributed by atoms with van der Waals surface area (Å²) in [5, 5.41) is 2.94. The van der Waals surface area contributed by atoms with Gasteiger partial charge in [0.05, 0.1) is 0 Å². The van der Waals surface area contributed by atoms with Crippen molar-refractivity contribution in [3.8, 4) is 0 Å². The number of likely N-dealkylation sites (tertiary alicyclic amines) is 1. The van der Waals surface area contributed by atoms with Gasteiger partial charge in [-0.3, -0.25) is 9.69 Å². The van der Waals surface area contributed by atoms with E-state index in [4.69, 9.17) is 4.74 Å². The van der Waals surface area contributed by atoms with Crippen molar-refractivity contribution in [3.05, 3.63) is 33.8 Å². The Hall–Kier alpha value is -2.09. The number of rotatable bonds is 1. The van der Waals surface area contributed by atoms with Gasteiger partial charge in [-0.2, -0.15) is 0 Å². The molecule has 2 saturated heterocycles. The van der Waals surface area contributed by atoms with Gasteiger partial charge in [0.1, 0.15) is 11.1 Å². The standard InChI is InChI=1S/C21H26BrN3O4/c1-20(2,3)29-19(28)24-8-6-21(7-9-24)17(26)25(18(27)23-21)16-11-13-4-5-15(22)10-14(13)12-16/h4-5,10,16H,6-9,11-12H2,1-3H3,(H,23,27). The number of piperidine rings is 1. The summed E-state index contributed by atoms with van der Waals surface area (Å²) in [6.45, 7) is 6.24. The average Bonchev–Trinajstić information content (AvgIpc) is 3.12. The minimum Gasteiger partial charge on any atom is -0.444 e. The van der Waals surface area contributed by atoms with Gasteiger partial charge in [0.2, 0.25) is 0 Å². The van der Waals surface area contributed by atoms with Gasteiger partial charge in [0.25, 0.3) is 5.91 Å². The molecule has 2 aliphatic heterocycles. The SMILES string of the molecule is CC(C)(C)OC(=O)N1CCC2(CC1)NC(=O)N(C1Cc3ccc(Br)cc3C1)C2=O. The van der Waals surface area contributed by atoms with Gasteiger partial charge in [-0.1, -0.05) is 22.0 Å². The Morgan fingerprint density at radius 1 is 1.17 bits per heavy atom. The lowest BCUT2D eigenvalue weighted by atomic mass is 9.87. The highest BCUT2D eigenvalue weighted by Gasteiger charge is 2.55. The number of urea groups is 1. The predicted molar refractivity (Wildman–Crippen MR) is 110 cm³/mol. The zero-order valence-electron chi connectivity index (χ0n) is 17.0. The molecule has 0 aromatic heterocycles. The van der Waals surface area contributed by atoms with E-state index < -0.39 is 11.1 Å². The summed E-state index contributed by atoms with van der Waals surface area (Å²) in [5.41, 5.74) is 0.878. The summed E-state index contributed by atoms with van der Waals surface area (Å²) in [4.78, 5) is 41.4. The molecule has 29 heavy (non-hydrogen) atoms. The molecular formula is C21H26BrN3O4. The van der Waals surface area contributed by atoms with Gasteiger partial charge < -0.3 is 15.0 Å². The van der Waals surface area contributed by atoms with Crippen LogP contribution in [-0.4, -0.2) is 58.1 Å². The highest BCUT2D eigenvalue weighted by Crippen LogP contribution is 2.35. The highest BCUT2D eigenvalue weighted by molar-refractivity contribution is 9.10. The number of halogens is 1. The van der Waals surface area contributed by atoms with Crippen LogP contribution in [0.1, 0.15) is 44.7 Å². The normalized spacial score (nSPS) is 23.4. The molecular weight excluding hydrogens is 438 g/mol. The predicted octanol–water partition coefficient (Wildman–Crippen LogP) is 3.24. The van der Waals surface area contributed by atoms with Crippen LogP contribution in [0.4, 0.5) is 9.59 Å². The molecule has 0 saturated carbocycles. The first-order chi connectivity index (χ1) is 13.6. The molecule has 1 aliphatic carbocycles. The van der Waals surface area contributed by atoms with Gasteiger partial charge in [0, 0.05) is 23.6 Å². The fourth-order valence-corrected chi connectivity index (χ4v) is 4.86. The first kappa shape index (κ1) is 20.2. The third kappa shape index (κ3) is 3.74. The van der Waals surface area contributed by atoms with Crippen LogP contribution in [0, 0.1) is 0 Å². The second-order valence-electron chi connectivity index (χ2n) is 9.13. The summed E-state index contributed by atoms with van der Waals surface area (Å²) in [6.07, 6.45) is 1.78. The average molecular weight is 464 g/mol. The van der Waals surface area contributed by atoms with E-state index in [-0.39, 0.29) is 24.1 Å². The van der Waals surface area contributed by atoms with Gasteiger partial charge >= 0.3 is 12.1 Å². The second kappa shape index (κ2) is 7.00. The molecule has 7 nitrogen and oxygen atoms in total. The third-order valence-electron chi connectivity index (χ3n) is 5.91. The van der Waals surface area contributed by atoms with E-state index in [9.17, 15) is 14.4 Å². The van der Waals surface area contributed by atoms with Crippen LogP contribution in [0.2, 0.25) is 0 Å². The fourth-order valence-electron chi connectivity index (χ4n) is 4.46. The minimum atomic E-state index is -0.912. The summed E-state index contributed by atoms with van der Waals surface area (Å²) in [6, 6.07) is 5.62. The molecule has 1 atom stereocenters. The van der Waals surface area contributed by atoms with Gasteiger partial charge in [-0.05, 0) is 69.7 Å². The van der Waals surface area contributed by atoms with Crippen molar-refractivity contribution in [2.45, 2.75) is 63.6 Å². The van der Waals surface area contributed by atoms with E-state index in [0.717, 1.165) is 4.47 Å². The molecule has 4 rings (SSSR count). The van der Waals surface area contributed by atoms with Crippen molar-refractivity contribution in [2.24, 2.45) is 0 Å². The van der Waals surface area contributed by atoms with Crippen LogP contribution in [0.3, 0.4) is 0 Å². The largest absolute Gasteiger partial charge is 0.444 e. The summed E-state index contributed by atoms with van der Waals surface area (Å²) >= 11 is 3.48. The zero-order valence-corrected chi connectivity index (χ0v) is 18.5. The maximum absolute atomic E-state index is 13.3. The minimum absolute atomic E-state index is 0.157. The Morgan fingerprint density at radius 2 is 1.83 bits per heavy atom. The lowest BCUT2D eigenvalue weighted by Crippen LogP contribution is -2.56. The quantitative estimate of drug-likeness (QED) is 0.648. The summed E-state index contributed by atoms with van der Waals surface area (Å²) in [7, 11) is 0. The summed E-state index contributed by atoms with van der Waals surface area (Å²) in [5.74, 6) is -0.164. The van der Waals surface area contributed by atoms with Crippen LogP contribution < -0.4 is 5.32 Å². The molecule has 1 aromatic carbocycles. The monoisotopic (exact) mass is 463 g/mol. The van der Waals surface area contributed by atoms with Crippen molar-refractivity contribution >= 4 is 34.0 Å². The van der Waals surface area contributed by atoms with Crippen molar-refractivity contribution in [3.63, 3.8) is 0 Å². The van der Waals surface area contributed by atoms with E-state index in [1.807, 2.05) is 32.9 Å². The second-order valence-corrected chi connectivity index (χ2v) is 10.0. The number of hydrogen-bond donors (Lipinski definition) is 1. The maximum atomic E-state index is 13.3. The number of fused-ring (bicyclic) bond motifs is 1. The number of carbonyl (C=O) groups is 3. The van der Waals surface area contributed by atoms with E-state index >= 15 is 0 Å². The topological polar surface area (TPSA) is 79.0 Å². The Labute approximate surface area is 178 Å². The van der Waals surface area contributed by atoms with Gasteiger partial charge in [-0.15, -0.1) is 0 Å². The molecule has 8 heteroatoms. The summed E-state index contributed by atoms with van der Waals surface area (Å²) < 4.78 is 6.42. The number of benzene rings is 1. The number of ether oxygens (including phenoxy) is 1. The molecule has 1 N–H and O–H groups in total. The number of nitrogens with zero attached hydrogens (tertiary/aromatic N) is 2. The first-order valence-corrected chi connectivity index (χ1v) is 10.8. The van der Waals surface area contributed by atoms with E-state index in [0.29, 0.717) is 38.8 Å². The van der Waals surface area contributed by atoms with Crippen LogP contribution in [0.5, 0.6) is 0 Å². The van der Waals surface area contributed by atoms with E-state index in [2.05, 4.69) is 27.3 Å². The molecule has 2 fully saturated rings. The number of amides is 4. The molecule has 0 bridgehead atoms. The number of nitrogens with one attached hydrogen (secondary N) is 1. The molecule has 156 valence electrons. The zero-order chi connectivity index (χ0) is 21.0. The van der Waals surface area contributed by atoms with E-state index in [1.54, 1.807) is 4.90 Å². The molecule has 1 aromatic rings. The van der Waals surface area contributed by atoms with Crippen LogP contribution in [0.25, 0.3) is 0 Å². The van der Waals surface area contributed by atoms with E-state index in [1.165, 1.54) is 16.0 Å². The Balaban J connectivity index is 1.44. The lowest BCUT2D eigenvalue weighted by Gasteiger charge is -2.38. The highest BCUT2D eigenvalue weighted by atomic mass is 79.9. The third-order valence-corrected chi connectivity index (χ3v) is 6.40. The smallest absolute Gasteiger partial charge is 0.410 e. The lowest BCUT2D eigenvalue weighted by molar-refractivity contribution is -0.134. The maximum Gasteiger partial charge on any atom is 0.410 e. The van der Waals surface area contributed by atoms with Crippen LogP contribution in [-0.2, 0) is 22.4 Å². The Kier molecular flexibility index (Phi) is 4.88. The van der Waals surface area contributed by atoms with Crippen molar-refractivity contribution in [2.75, 3.05) is 13.1 Å². The van der Waals surface area contributed by atoms with Crippen LogP contribution in [0.15, 0.2) is 22.7 Å². The van der Waals surface area contributed by atoms with Crippen molar-refractivity contribution < 1.29 is 19.1 Å². The molecule has 1 spiro atoms. The first-order valence-electron chi connectivity index (χ1n) is 9.99. The molecule has 4 amide bonds. The Morgan fingerprint density at radius 3 is 2.48 bits per heavy atom. The number of hydrogen-bond acceptors (Lipinski definition) is 4. The van der Waals surface area contributed by atoms with Gasteiger partial charge in [0.15, 0.2) is 0 Å². The molecule has 3 aliphatic rings. The molecule has 1 unspecified atom stereocenters. The molecule has 0 radical (unpaired) electrons.